The minimum Gasteiger partial charge on any atom is -0.481 e. The Balaban J connectivity index is 1.33. The molecule has 3 aromatic carbocycles. The zero-order valence-corrected chi connectivity index (χ0v) is 25.7. The minimum atomic E-state index is -0.844. The largest absolute Gasteiger partial charge is 0.481 e. The lowest BCUT2D eigenvalue weighted by Gasteiger charge is -2.31. The van der Waals surface area contributed by atoms with Crippen molar-refractivity contribution in [2.24, 2.45) is 13.0 Å². The summed E-state index contributed by atoms with van der Waals surface area (Å²) in [5.74, 6) is -1.84. The molecule has 226 valence electrons. The van der Waals surface area contributed by atoms with Crippen molar-refractivity contribution in [3.8, 4) is 0 Å². The Hall–Kier alpha value is -4.46. The number of aryl methyl sites for hydroxylation is 4. The molecule has 0 aliphatic carbocycles. The fraction of sp³-hybridized carbons (Fsp3) is 0.389. The molecule has 5 aromatic rings. The number of carboxylic acids is 1. The standard InChI is InChI=1S/C36H39N5O3/c1-22-29-12-14-31-34(22)37-38-41(31)16-7-5-4-6-8-24-9-13-30-27(18-24)20-32(39(30)3)35(42)40-17-15-25-10-11-26(19-28(25)21-40)33(29)23(2)36(43)44/h9-14,18-20,23,33H,4-8,15-17,21H2,1-3H3,(H,43,44)/t23-,33+/m1/s1. The molecule has 0 saturated carbocycles. The van der Waals surface area contributed by atoms with Gasteiger partial charge in [0.15, 0.2) is 0 Å². The van der Waals surface area contributed by atoms with Gasteiger partial charge in [0.2, 0.25) is 0 Å². The number of rotatable bonds is 2. The van der Waals surface area contributed by atoms with Gasteiger partial charge in [0.1, 0.15) is 11.2 Å². The van der Waals surface area contributed by atoms with Crippen LogP contribution in [-0.2, 0) is 37.8 Å². The van der Waals surface area contributed by atoms with E-state index in [1.807, 2.05) is 34.2 Å². The predicted octanol–water partition coefficient (Wildman–Crippen LogP) is 6.40. The highest BCUT2D eigenvalue weighted by atomic mass is 16.4. The maximum absolute atomic E-state index is 13.9. The van der Waals surface area contributed by atoms with Crippen LogP contribution in [0, 0.1) is 12.8 Å². The van der Waals surface area contributed by atoms with Gasteiger partial charge in [-0.3, -0.25) is 9.59 Å². The molecule has 10 bridgehead atoms. The minimum absolute atomic E-state index is 0.0273. The molecule has 0 spiro atoms. The molecule has 0 fully saturated rings. The smallest absolute Gasteiger partial charge is 0.307 e. The number of fused-ring (bicyclic) bond motifs is 6. The van der Waals surface area contributed by atoms with Crippen LogP contribution >= 0.6 is 0 Å². The Bertz CT molecular complexity index is 1920. The molecular formula is C36H39N5O3. The van der Waals surface area contributed by atoms with Gasteiger partial charge in [-0.25, -0.2) is 4.68 Å². The summed E-state index contributed by atoms with van der Waals surface area (Å²) >= 11 is 0. The van der Waals surface area contributed by atoms with Crippen LogP contribution in [0.5, 0.6) is 0 Å². The molecule has 2 aromatic heterocycles. The first-order valence-corrected chi connectivity index (χ1v) is 15.8. The van der Waals surface area contributed by atoms with Crippen LogP contribution in [-0.4, -0.2) is 48.0 Å². The lowest BCUT2D eigenvalue weighted by atomic mass is 9.78. The van der Waals surface area contributed by atoms with Crippen LogP contribution < -0.4 is 0 Å². The first kappa shape index (κ1) is 28.3. The van der Waals surface area contributed by atoms with E-state index in [9.17, 15) is 14.7 Å². The third-order valence-corrected chi connectivity index (χ3v) is 10.0. The Labute approximate surface area is 257 Å². The molecule has 8 heteroatoms. The normalized spacial score (nSPS) is 18.3. The van der Waals surface area contributed by atoms with Gasteiger partial charge in [-0.1, -0.05) is 55.3 Å². The van der Waals surface area contributed by atoms with Gasteiger partial charge in [0.25, 0.3) is 5.91 Å². The summed E-state index contributed by atoms with van der Waals surface area (Å²) in [6.45, 7) is 5.76. The number of hydrogen-bond donors (Lipinski definition) is 1. The van der Waals surface area contributed by atoms with Crippen molar-refractivity contribution >= 4 is 33.8 Å². The number of carboxylic acid groups (broad SMARTS) is 1. The predicted molar refractivity (Wildman–Crippen MR) is 171 cm³/mol. The van der Waals surface area contributed by atoms with Gasteiger partial charge < -0.3 is 14.6 Å². The quantitative estimate of drug-likeness (QED) is 0.257. The molecular weight excluding hydrogens is 550 g/mol. The molecule has 8 nitrogen and oxygen atoms in total. The Morgan fingerprint density at radius 3 is 2.59 bits per heavy atom. The highest BCUT2D eigenvalue weighted by Gasteiger charge is 2.31. The van der Waals surface area contributed by atoms with Crippen LogP contribution in [0.3, 0.4) is 0 Å². The fourth-order valence-electron chi connectivity index (χ4n) is 7.37. The highest BCUT2D eigenvalue weighted by molar-refractivity contribution is 5.99. The first-order chi connectivity index (χ1) is 21.3. The number of aromatic nitrogens is 4. The maximum atomic E-state index is 13.9. The molecule has 2 atom stereocenters. The van der Waals surface area contributed by atoms with Crippen molar-refractivity contribution in [1.82, 2.24) is 24.5 Å². The van der Waals surface area contributed by atoms with E-state index in [-0.39, 0.29) is 11.8 Å². The second kappa shape index (κ2) is 11.2. The second-order valence-electron chi connectivity index (χ2n) is 12.7. The monoisotopic (exact) mass is 589 g/mol. The van der Waals surface area contributed by atoms with Gasteiger partial charge >= 0.3 is 5.97 Å². The molecule has 8 rings (SSSR count). The van der Waals surface area contributed by atoms with Crippen molar-refractivity contribution in [2.45, 2.75) is 71.4 Å². The van der Waals surface area contributed by atoms with E-state index in [0.717, 1.165) is 89.3 Å². The summed E-state index contributed by atoms with van der Waals surface area (Å²) in [5, 5.41) is 20.4. The maximum Gasteiger partial charge on any atom is 0.307 e. The lowest BCUT2D eigenvalue weighted by molar-refractivity contribution is -0.141. The third-order valence-electron chi connectivity index (χ3n) is 10.0. The average Bonchev–Trinajstić information content (AvgIpc) is 3.59. The topological polar surface area (TPSA) is 93.3 Å². The zero-order chi connectivity index (χ0) is 30.5. The second-order valence-corrected chi connectivity index (χ2v) is 12.7. The van der Waals surface area contributed by atoms with Crippen LogP contribution in [0.25, 0.3) is 21.9 Å². The molecule has 1 N–H and O–H groups in total. The van der Waals surface area contributed by atoms with E-state index in [1.165, 1.54) is 11.1 Å². The summed E-state index contributed by atoms with van der Waals surface area (Å²) in [7, 11) is 1.98. The molecule has 0 saturated heterocycles. The molecule has 1 amide bonds. The number of carbonyl (C=O) groups excluding carboxylic acids is 1. The number of hydrogen-bond acceptors (Lipinski definition) is 4. The fourth-order valence-corrected chi connectivity index (χ4v) is 7.37. The number of aliphatic carboxylic acids is 1. The number of benzene rings is 3. The van der Waals surface area contributed by atoms with Gasteiger partial charge in [0.05, 0.1) is 11.4 Å². The first-order valence-electron chi connectivity index (χ1n) is 15.8. The van der Waals surface area contributed by atoms with Crippen molar-refractivity contribution in [1.29, 1.82) is 0 Å². The van der Waals surface area contributed by atoms with Crippen LogP contribution in [0.4, 0.5) is 0 Å². The summed E-state index contributed by atoms with van der Waals surface area (Å²) in [6, 6.07) is 19.1. The molecule has 0 radical (unpaired) electrons. The van der Waals surface area contributed by atoms with Crippen LogP contribution in [0.1, 0.15) is 82.4 Å². The Morgan fingerprint density at radius 1 is 0.932 bits per heavy atom. The molecule has 3 aliphatic heterocycles. The van der Waals surface area contributed by atoms with E-state index in [4.69, 9.17) is 0 Å². The Kier molecular flexibility index (Phi) is 7.23. The van der Waals surface area contributed by atoms with Gasteiger partial charge in [-0.2, -0.15) is 0 Å². The summed E-state index contributed by atoms with van der Waals surface area (Å²) < 4.78 is 4.01. The molecule has 0 unspecified atom stereocenters. The third kappa shape index (κ3) is 4.86. The van der Waals surface area contributed by atoms with Crippen molar-refractivity contribution in [3.05, 3.63) is 93.7 Å². The summed E-state index contributed by atoms with van der Waals surface area (Å²) in [6.07, 6.45) is 6.16. The van der Waals surface area contributed by atoms with Gasteiger partial charge in [-0.15, -0.1) is 5.10 Å². The number of carbonyl (C=O) groups is 2. The SMILES string of the molecule is Cc1c2ccc3c1nnn3CCCCCCc1ccc3c(c1)cc(n3C)C(=O)N1CCc3ccc(cc3C1)[C@@H]2[C@@H](C)C(=O)O. The lowest BCUT2D eigenvalue weighted by Crippen LogP contribution is -2.37. The van der Waals surface area contributed by atoms with Crippen molar-refractivity contribution in [3.63, 3.8) is 0 Å². The summed E-state index contributed by atoms with van der Waals surface area (Å²) in [4.78, 5) is 28.3. The van der Waals surface area contributed by atoms with E-state index in [1.54, 1.807) is 6.92 Å². The number of nitrogens with zero attached hydrogens (tertiary/aromatic N) is 5. The summed E-state index contributed by atoms with van der Waals surface area (Å²) in [5.41, 5.74) is 10.0. The van der Waals surface area contributed by atoms with Crippen molar-refractivity contribution in [2.75, 3.05) is 6.54 Å². The van der Waals surface area contributed by atoms with Crippen LogP contribution in [0.2, 0.25) is 0 Å². The molecule has 5 heterocycles. The highest BCUT2D eigenvalue weighted by Crippen LogP contribution is 2.38. The van der Waals surface area contributed by atoms with Gasteiger partial charge in [0, 0.05) is 43.5 Å². The van der Waals surface area contributed by atoms with Crippen LogP contribution in [0.15, 0.2) is 54.6 Å². The van der Waals surface area contributed by atoms with Gasteiger partial charge in [-0.05, 0) is 90.3 Å². The molecule has 3 aliphatic rings. The van der Waals surface area contributed by atoms with E-state index in [2.05, 4.69) is 58.8 Å². The average molecular weight is 590 g/mol. The van der Waals surface area contributed by atoms with E-state index < -0.39 is 11.9 Å². The van der Waals surface area contributed by atoms with Crippen molar-refractivity contribution < 1.29 is 14.7 Å². The number of amides is 1. The van der Waals surface area contributed by atoms with E-state index >= 15 is 0 Å². The zero-order valence-electron chi connectivity index (χ0n) is 25.7. The van der Waals surface area contributed by atoms with E-state index in [0.29, 0.717) is 18.8 Å². The Morgan fingerprint density at radius 2 is 1.75 bits per heavy atom. The molecule has 44 heavy (non-hydrogen) atoms.